The molecule has 16 heavy (non-hydrogen) atoms. The molecule has 92 valence electrons. The molecule has 0 heteroatoms. The van der Waals surface area contributed by atoms with Gasteiger partial charge in [0.05, 0.1) is 0 Å². The zero-order valence-electron chi connectivity index (χ0n) is 11.3. The third-order valence-corrected chi connectivity index (χ3v) is 6.18. The van der Waals surface area contributed by atoms with Crippen LogP contribution >= 0.6 is 0 Å². The molecule has 1 unspecified atom stereocenters. The monoisotopic (exact) mass is 220 g/mol. The van der Waals surface area contributed by atoms with Gasteiger partial charge in [0.1, 0.15) is 0 Å². The SMILES string of the molecule is CC(C)CC1CC(C23CC(CCC2C)C3)C1. The summed E-state index contributed by atoms with van der Waals surface area (Å²) in [7, 11) is 0. The molecule has 0 aromatic heterocycles. The molecule has 0 N–H and O–H groups in total. The van der Waals surface area contributed by atoms with Gasteiger partial charge in [-0.3, -0.25) is 0 Å². The molecule has 0 saturated heterocycles. The Morgan fingerprint density at radius 3 is 2.38 bits per heavy atom. The van der Waals surface area contributed by atoms with Crippen LogP contribution in [0.1, 0.15) is 65.7 Å². The summed E-state index contributed by atoms with van der Waals surface area (Å²) in [6, 6.07) is 0. The van der Waals surface area contributed by atoms with E-state index < -0.39 is 0 Å². The predicted octanol–water partition coefficient (Wildman–Crippen LogP) is 4.89. The summed E-state index contributed by atoms with van der Waals surface area (Å²) in [5.74, 6) is 5.32. The second kappa shape index (κ2) is 3.75. The average molecular weight is 220 g/mol. The van der Waals surface area contributed by atoms with E-state index in [-0.39, 0.29) is 0 Å². The molecule has 4 aliphatic carbocycles. The zero-order chi connectivity index (χ0) is 11.3. The van der Waals surface area contributed by atoms with Gasteiger partial charge in [0.15, 0.2) is 0 Å². The Kier molecular flexibility index (Phi) is 2.60. The fourth-order valence-electron chi connectivity index (χ4n) is 5.19. The quantitative estimate of drug-likeness (QED) is 0.635. The van der Waals surface area contributed by atoms with Crippen molar-refractivity contribution in [3.63, 3.8) is 0 Å². The smallest absolute Gasteiger partial charge is 0.0238 e. The van der Waals surface area contributed by atoms with Crippen LogP contribution in [0.15, 0.2) is 0 Å². The van der Waals surface area contributed by atoms with Crippen LogP contribution in [0.5, 0.6) is 0 Å². The van der Waals surface area contributed by atoms with E-state index >= 15 is 0 Å². The predicted molar refractivity (Wildman–Crippen MR) is 69.2 cm³/mol. The third-order valence-electron chi connectivity index (χ3n) is 6.18. The summed E-state index contributed by atoms with van der Waals surface area (Å²) in [4.78, 5) is 0. The first-order valence-corrected chi connectivity index (χ1v) is 7.60. The van der Waals surface area contributed by atoms with Crippen molar-refractivity contribution in [3.05, 3.63) is 0 Å². The minimum atomic E-state index is 0.844. The van der Waals surface area contributed by atoms with E-state index in [1.807, 2.05) is 0 Å². The third kappa shape index (κ3) is 1.56. The maximum absolute atomic E-state index is 2.55. The molecule has 0 spiro atoms. The Bertz CT molecular complexity index is 253. The summed E-state index contributed by atoms with van der Waals surface area (Å²) < 4.78 is 0. The van der Waals surface area contributed by atoms with Crippen molar-refractivity contribution >= 4 is 0 Å². The fourth-order valence-corrected chi connectivity index (χ4v) is 5.19. The van der Waals surface area contributed by atoms with E-state index in [0.29, 0.717) is 0 Å². The lowest BCUT2D eigenvalue weighted by Crippen LogP contribution is -2.55. The standard InChI is InChI=1S/C16H28/c1-11(2)6-14-7-15(8-14)16-9-13(10-16)5-4-12(16)3/h11-15H,4-10H2,1-3H3. The molecular weight excluding hydrogens is 192 g/mol. The lowest BCUT2D eigenvalue weighted by molar-refractivity contribution is -0.141. The van der Waals surface area contributed by atoms with E-state index in [1.165, 1.54) is 12.8 Å². The average Bonchev–Trinajstić information content (AvgIpc) is 2.09. The molecule has 0 amide bonds. The van der Waals surface area contributed by atoms with Gasteiger partial charge in [-0.2, -0.15) is 0 Å². The molecule has 0 aromatic rings. The molecule has 1 atom stereocenters. The molecule has 4 rings (SSSR count). The minimum Gasteiger partial charge on any atom is -0.0628 e. The van der Waals surface area contributed by atoms with Gasteiger partial charge in [-0.05, 0) is 73.5 Å². The summed E-state index contributed by atoms with van der Waals surface area (Å²) in [6.45, 7) is 7.31. The Hall–Kier alpha value is 0. The van der Waals surface area contributed by atoms with Crippen molar-refractivity contribution in [2.75, 3.05) is 0 Å². The van der Waals surface area contributed by atoms with E-state index in [0.717, 1.165) is 35.0 Å². The van der Waals surface area contributed by atoms with Crippen LogP contribution in [-0.2, 0) is 0 Å². The van der Waals surface area contributed by atoms with E-state index in [1.54, 1.807) is 32.1 Å². The number of rotatable bonds is 3. The highest BCUT2D eigenvalue weighted by Crippen LogP contribution is 2.67. The summed E-state index contributed by atoms with van der Waals surface area (Å²) in [5, 5.41) is 0. The Labute approximate surface area is 101 Å². The zero-order valence-corrected chi connectivity index (χ0v) is 11.3. The molecular formula is C16H28. The Morgan fingerprint density at radius 1 is 1.12 bits per heavy atom. The molecule has 0 radical (unpaired) electrons. The highest BCUT2D eigenvalue weighted by Gasteiger charge is 2.57. The Balaban J connectivity index is 1.56. The van der Waals surface area contributed by atoms with Gasteiger partial charge in [0.2, 0.25) is 0 Å². The number of hydrogen-bond acceptors (Lipinski definition) is 0. The maximum Gasteiger partial charge on any atom is -0.0238 e. The van der Waals surface area contributed by atoms with Gasteiger partial charge < -0.3 is 0 Å². The lowest BCUT2D eigenvalue weighted by Gasteiger charge is -2.64. The van der Waals surface area contributed by atoms with Crippen molar-refractivity contribution in [2.24, 2.45) is 35.0 Å². The van der Waals surface area contributed by atoms with Crippen LogP contribution in [-0.4, -0.2) is 0 Å². The van der Waals surface area contributed by atoms with Crippen molar-refractivity contribution in [3.8, 4) is 0 Å². The molecule has 4 fully saturated rings. The first-order chi connectivity index (χ1) is 7.60. The summed E-state index contributed by atoms with van der Waals surface area (Å²) in [5.41, 5.74) is 0.844. The van der Waals surface area contributed by atoms with Gasteiger partial charge in [-0.15, -0.1) is 0 Å². The number of fused-ring (bicyclic) bond motifs is 2. The van der Waals surface area contributed by atoms with Gasteiger partial charge in [0.25, 0.3) is 0 Å². The second-order valence-electron chi connectivity index (χ2n) is 7.65. The second-order valence-corrected chi connectivity index (χ2v) is 7.65. The van der Waals surface area contributed by atoms with Crippen molar-refractivity contribution in [2.45, 2.75) is 65.7 Å². The minimum absolute atomic E-state index is 0.844. The normalized spacial score (nSPS) is 51.0. The van der Waals surface area contributed by atoms with Crippen molar-refractivity contribution in [1.82, 2.24) is 0 Å². The van der Waals surface area contributed by atoms with Crippen LogP contribution in [0.4, 0.5) is 0 Å². The van der Waals surface area contributed by atoms with Gasteiger partial charge in [0, 0.05) is 0 Å². The highest BCUT2D eigenvalue weighted by molar-refractivity contribution is 5.07. The van der Waals surface area contributed by atoms with Crippen LogP contribution in [0, 0.1) is 35.0 Å². The van der Waals surface area contributed by atoms with Crippen LogP contribution in [0.25, 0.3) is 0 Å². The largest absolute Gasteiger partial charge is 0.0628 e. The number of hydrogen-bond donors (Lipinski definition) is 0. The Morgan fingerprint density at radius 2 is 1.81 bits per heavy atom. The molecule has 4 aliphatic rings. The first-order valence-electron chi connectivity index (χ1n) is 7.60. The van der Waals surface area contributed by atoms with Crippen LogP contribution < -0.4 is 0 Å². The molecule has 2 bridgehead atoms. The van der Waals surface area contributed by atoms with Gasteiger partial charge in [-0.1, -0.05) is 27.2 Å². The van der Waals surface area contributed by atoms with E-state index in [9.17, 15) is 0 Å². The molecule has 0 heterocycles. The van der Waals surface area contributed by atoms with E-state index in [2.05, 4.69) is 20.8 Å². The summed E-state index contributed by atoms with van der Waals surface area (Å²) >= 11 is 0. The molecule has 0 aromatic carbocycles. The fraction of sp³-hybridized carbons (Fsp3) is 1.00. The maximum atomic E-state index is 2.55. The van der Waals surface area contributed by atoms with Gasteiger partial charge in [-0.25, -0.2) is 0 Å². The van der Waals surface area contributed by atoms with Crippen LogP contribution in [0.2, 0.25) is 0 Å². The van der Waals surface area contributed by atoms with Gasteiger partial charge >= 0.3 is 0 Å². The molecule has 0 nitrogen and oxygen atoms in total. The topological polar surface area (TPSA) is 0 Å². The highest BCUT2D eigenvalue weighted by atomic mass is 14.6. The van der Waals surface area contributed by atoms with E-state index in [4.69, 9.17) is 0 Å². The summed E-state index contributed by atoms with van der Waals surface area (Å²) in [6.07, 6.45) is 10.9. The van der Waals surface area contributed by atoms with Crippen LogP contribution in [0.3, 0.4) is 0 Å². The molecule has 0 aliphatic heterocycles. The lowest BCUT2D eigenvalue weighted by atomic mass is 9.41. The first kappa shape index (κ1) is 11.1. The molecule has 4 saturated carbocycles. The van der Waals surface area contributed by atoms with Crippen molar-refractivity contribution in [1.29, 1.82) is 0 Å². The van der Waals surface area contributed by atoms with Crippen molar-refractivity contribution < 1.29 is 0 Å².